The van der Waals surface area contributed by atoms with E-state index in [0.717, 1.165) is 13.0 Å². The Morgan fingerprint density at radius 3 is 2.60 bits per heavy atom. The van der Waals surface area contributed by atoms with Crippen LogP contribution in [0.15, 0.2) is 12.3 Å². The number of aryl methyl sites for hydroxylation is 1. The molecular weight excluding hydrogens is 192 g/mol. The van der Waals surface area contributed by atoms with Crippen molar-refractivity contribution in [2.24, 2.45) is 5.92 Å². The second kappa shape index (κ2) is 5.28. The maximum absolute atomic E-state index is 9.94. The van der Waals surface area contributed by atoms with Gasteiger partial charge in [0.15, 0.2) is 0 Å². The van der Waals surface area contributed by atoms with Crippen LogP contribution in [0.2, 0.25) is 0 Å². The lowest BCUT2D eigenvalue weighted by Gasteiger charge is -2.21. The topological polar surface area (TPSA) is 58.3 Å². The van der Waals surface area contributed by atoms with E-state index in [9.17, 15) is 10.2 Å². The van der Waals surface area contributed by atoms with Crippen LogP contribution >= 0.6 is 0 Å². The van der Waals surface area contributed by atoms with Crippen molar-refractivity contribution in [3.05, 3.63) is 18.0 Å². The second-order valence-corrected chi connectivity index (χ2v) is 4.16. The molecule has 2 atom stereocenters. The molecule has 4 heteroatoms. The highest BCUT2D eigenvalue weighted by atomic mass is 16.3. The first-order chi connectivity index (χ1) is 7.07. The molecule has 15 heavy (non-hydrogen) atoms. The number of hydrogen-bond acceptors (Lipinski definition) is 3. The van der Waals surface area contributed by atoms with Gasteiger partial charge in [-0.3, -0.25) is 4.68 Å². The molecule has 0 radical (unpaired) electrons. The SMILES string of the molecule is CCCn1nccc1C(O)C(O)C(C)C. The third kappa shape index (κ3) is 2.79. The number of nitrogens with zero attached hydrogens (tertiary/aromatic N) is 2. The van der Waals surface area contributed by atoms with Gasteiger partial charge in [0, 0.05) is 12.7 Å². The van der Waals surface area contributed by atoms with Crippen molar-refractivity contribution in [1.82, 2.24) is 9.78 Å². The molecule has 0 aliphatic heterocycles. The van der Waals surface area contributed by atoms with Gasteiger partial charge in [0.25, 0.3) is 0 Å². The zero-order chi connectivity index (χ0) is 11.4. The van der Waals surface area contributed by atoms with Gasteiger partial charge in [-0.05, 0) is 18.4 Å². The van der Waals surface area contributed by atoms with Crippen LogP contribution < -0.4 is 0 Å². The number of aliphatic hydroxyl groups excluding tert-OH is 2. The first-order valence-electron chi connectivity index (χ1n) is 5.45. The minimum atomic E-state index is -0.848. The summed E-state index contributed by atoms with van der Waals surface area (Å²) in [6.07, 6.45) is 1.02. The summed E-state index contributed by atoms with van der Waals surface area (Å²) in [6.45, 7) is 6.59. The lowest BCUT2D eigenvalue weighted by molar-refractivity contribution is -0.0141. The lowest BCUT2D eigenvalue weighted by Crippen LogP contribution is -2.26. The van der Waals surface area contributed by atoms with Crippen LogP contribution in [0.25, 0.3) is 0 Å². The van der Waals surface area contributed by atoms with Crippen LogP contribution in [-0.4, -0.2) is 26.1 Å². The van der Waals surface area contributed by atoms with Gasteiger partial charge in [-0.25, -0.2) is 0 Å². The number of hydrogen-bond donors (Lipinski definition) is 2. The van der Waals surface area contributed by atoms with Crippen molar-refractivity contribution in [2.45, 2.75) is 45.9 Å². The standard InChI is InChI=1S/C11H20N2O2/c1-4-7-13-9(5-6-12-13)11(15)10(14)8(2)3/h5-6,8,10-11,14-15H,4,7H2,1-3H3. The van der Waals surface area contributed by atoms with Gasteiger partial charge in [0.2, 0.25) is 0 Å². The van der Waals surface area contributed by atoms with E-state index in [2.05, 4.69) is 12.0 Å². The van der Waals surface area contributed by atoms with E-state index < -0.39 is 12.2 Å². The molecule has 1 aromatic rings. The Labute approximate surface area is 90.5 Å². The predicted molar refractivity (Wildman–Crippen MR) is 58.3 cm³/mol. The van der Waals surface area contributed by atoms with Gasteiger partial charge in [-0.1, -0.05) is 20.8 Å². The third-order valence-electron chi connectivity index (χ3n) is 2.49. The maximum atomic E-state index is 9.94. The van der Waals surface area contributed by atoms with Crippen molar-refractivity contribution in [3.8, 4) is 0 Å². The van der Waals surface area contributed by atoms with Gasteiger partial charge >= 0.3 is 0 Å². The van der Waals surface area contributed by atoms with Crippen molar-refractivity contribution in [1.29, 1.82) is 0 Å². The van der Waals surface area contributed by atoms with E-state index in [1.54, 1.807) is 16.9 Å². The molecule has 2 unspecified atom stereocenters. The van der Waals surface area contributed by atoms with Crippen LogP contribution in [0.4, 0.5) is 0 Å². The number of aliphatic hydroxyl groups is 2. The highest BCUT2D eigenvalue weighted by Gasteiger charge is 2.24. The van der Waals surface area contributed by atoms with Crippen LogP contribution in [0.5, 0.6) is 0 Å². The van der Waals surface area contributed by atoms with Crippen molar-refractivity contribution in [2.75, 3.05) is 0 Å². The first-order valence-corrected chi connectivity index (χ1v) is 5.45. The van der Waals surface area contributed by atoms with Gasteiger partial charge in [0.1, 0.15) is 6.10 Å². The zero-order valence-electron chi connectivity index (χ0n) is 9.59. The number of rotatable bonds is 5. The van der Waals surface area contributed by atoms with E-state index in [1.807, 2.05) is 13.8 Å². The van der Waals surface area contributed by atoms with Gasteiger partial charge in [-0.15, -0.1) is 0 Å². The molecule has 1 heterocycles. The Bertz CT molecular complexity index is 297. The minimum absolute atomic E-state index is 0.0324. The molecule has 2 N–H and O–H groups in total. The fraction of sp³-hybridized carbons (Fsp3) is 0.727. The molecule has 0 aliphatic carbocycles. The Balaban J connectivity index is 2.80. The summed E-state index contributed by atoms with van der Waals surface area (Å²) in [5.41, 5.74) is 0.693. The molecule has 1 aromatic heterocycles. The summed E-state index contributed by atoms with van der Waals surface area (Å²) < 4.78 is 1.75. The summed E-state index contributed by atoms with van der Waals surface area (Å²) in [5, 5.41) is 23.8. The van der Waals surface area contributed by atoms with Crippen molar-refractivity contribution in [3.63, 3.8) is 0 Å². The van der Waals surface area contributed by atoms with Crippen LogP contribution in [0.3, 0.4) is 0 Å². The Hall–Kier alpha value is -0.870. The van der Waals surface area contributed by atoms with E-state index in [1.165, 1.54) is 0 Å². The summed E-state index contributed by atoms with van der Waals surface area (Å²) in [6, 6.07) is 1.76. The molecule has 4 nitrogen and oxygen atoms in total. The van der Waals surface area contributed by atoms with E-state index in [-0.39, 0.29) is 5.92 Å². The van der Waals surface area contributed by atoms with Crippen molar-refractivity contribution >= 4 is 0 Å². The van der Waals surface area contributed by atoms with E-state index in [4.69, 9.17) is 0 Å². The number of aromatic nitrogens is 2. The van der Waals surface area contributed by atoms with Gasteiger partial charge in [-0.2, -0.15) is 5.10 Å². The Morgan fingerprint density at radius 1 is 1.40 bits per heavy atom. The lowest BCUT2D eigenvalue weighted by atomic mass is 10.00. The molecule has 0 saturated carbocycles. The van der Waals surface area contributed by atoms with E-state index >= 15 is 0 Å². The molecule has 86 valence electrons. The summed E-state index contributed by atoms with van der Waals surface area (Å²) in [5.74, 6) is 0.0324. The summed E-state index contributed by atoms with van der Waals surface area (Å²) >= 11 is 0. The first kappa shape index (κ1) is 12.2. The minimum Gasteiger partial charge on any atom is -0.390 e. The highest BCUT2D eigenvalue weighted by molar-refractivity contribution is 5.06. The molecule has 0 aromatic carbocycles. The molecule has 1 rings (SSSR count). The highest BCUT2D eigenvalue weighted by Crippen LogP contribution is 2.21. The summed E-state index contributed by atoms with van der Waals surface area (Å²) in [4.78, 5) is 0. The Morgan fingerprint density at radius 2 is 2.07 bits per heavy atom. The molecule has 0 bridgehead atoms. The molecule has 0 aliphatic rings. The maximum Gasteiger partial charge on any atom is 0.122 e. The fourth-order valence-corrected chi connectivity index (χ4v) is 1.53. The van der Waals surface area contributed by atoms with Gasteiger partial charge < -0.3 is 10.2 Å². The predicted octanol–water partition coefficient (Wildman–Crippen LogP) is 1.34. The third-order valence-corrected chi connectivity index (χ3v) is 2.49. The molecule has 0 amide bonds. The normalized spacial score (nSPS) is 15.6. The quantitative estimate of drug-likeness (QED) is 0.774. The largest absolute Gasteiger partial charge is 0.390 e. The van der Waals surface area contributed by atoms with Crippen molar-refractivity contribution < 1.29 is 10.2 Å². The van der Waals surface area contributed by atoms with Gasteiger partial charge in [0.05, 0.1) is 11.8 Å². The van der Waals surface area contributed by atoms with Crippen LogP contribution in [0, 0.1) is 5.92 Å². The monoisotopic (exact) mass is 212 g/mol. The molecule has 0 saturated heterocycles. The molecule has 0 spiro atoms. The second-order valence-electron chi connectivity index (χ2n) is 4.16. The molecular formula is C11H20N2O2. The average Bonchev–Trinajstić information content (AvgIpc) is 2.64. The zero-order valence-corrected chi connectivity index (χ0v) is 9.59. The fourth-order valence-electron chi connectivity index (χ4n) is 1.53. The van der Waals surface area contributed by atoms with Crippen LogP contribution in [0.1, 0.15) is 39.0 Å². The average molecular weight is 212 g/mol. The Kier molecular flexibility index (Phi) is 4.29. The smallest absolute Gasteiger partial charge is 0.122 e. The molecule has 0 fully saturated rings. The van der Waals surface area contributed by atoms with E-state index in [0.29, 0.717) is 5.69 Å². The van der Waals surface area contributed by atoms with Crippen LogP contribution in [-0.2, 0) is 6.54 Å². The summed E-state index contributed by atoms with van der Waals surface area (Å²) in [7, 11) is 0.